The molecule has 180 valence electrons. The number of halogens is 1. The van der Waals surface area contributed by atoms with Gasteiger partial charge in [0, 0.05) is 36.9 Å². The SMILES string of the molecule is C[C@H]1CCC(c2ccccc2)S(=O)(=O)N1Cc1ccc(N2CCC(C3=CN=NC3)CC2)cc1F. The standard InChI is InChI=1S/C26H31FN4O2S/c1-19-7-10-26(21-5-3-2-4-6-21)34(32,33)31(19)18-22-8-9-24(15-25(22)27)30-13-11-20(12-14-30)23-16-28-29-17-23/h2-6,8-9,15-16,19-20,26H,7,10-14,17-18H2,1H3/t19-,26?/m0/s1. The first-order chi connectivity index (χ1) is 16.4. The van der Waals surface area contributed by atoms with E-state index in [1.807, 2.05) is 49.5 Å². The van der Waals surface area contributed by atoms with E-state index in [-0.39, 0.29) is 18.4 Å². The third-order valence-electron chi connectivity index (χ3n) is 7.50. The van der Waals surface area contributed by atoms with Gasteiger partial charge in [-0.05, 0) is 61.8 Å². The lowest BCUT2D eigenvalue weighted by Crippen LogP contribution is -2.44. The van der Waals surface area contributed by atoms with Crippen LogP contribution in [0.2, 0.25) is 0 Å². The lowest BCUT2D eigenvalue weighted by atomic mass is 9.89. The van der Waals surface area contributed by atoms with E-state index in [2.05, 4.69) is 15.1 Å². The second kappa shape index (κ2) is 9.58. The van der Waals surface area contributed by atoms with Crippen molar-refractivity contribution in [2.75, 3.05) is 24.5 Å². The van der Waals surface area contributed by atoms with Crippen LogP contribution >= 0.6 is 0 Å². The molecule has 0 N–H and O–H groups in total. The maximum Gasteiger partial charge on any atom is 0.221 e. The Morgan fingerprint density at radius 3 is 2.47 bits per heavy atom. The molecule has 0 radical (unpaired) electrons. The summed E-state index contributed by atoms with van der Waals surface area (Å²) < 4.78 is 43.6. The molecule has 1 unspecified atom stereocenters. The van der Waals surface area contributed by atoms with Crippen LogP contribution in [-0.4, -0.2) is 38.4 Å². The van der Waals surface area contributed by atoms with E-state index >= 15 is 4.39 Å². The average Bonchev–Trinajstić information content (AvgIpc) is 3.38. The molecule has 2 aromatic rings. The highest BCUT2D eigenvalue weighted by molar-refractivity contribution is 7.89. The van der Waals surface area contributed by atoms with E-state index in [1.165, 1.54) is 9.88 Å². The molecule has 0 spiro atoms. The summed E-state index contributed by atoms with van der Waals surface area (Å²) in [6.07, 6.45) is 5.23. The fourth-order valence-electron chi connectivity index (χ4n) is 5.40. The molecule has 2 atom stereocenters. The molecule has 0 aliphatic carbocycles. The number of piperidine rings is 1. The van der Waals surface area contributed by atoms with Gasteiger partial charge < -0.3 is 4.90 Å². The Balaban J connectivity index is 1.29. The molecular weight excluding hydrogens is 451 g/mol. The van der Waals surface area contributed by atoms with Crippen molar-refractivity contribution >= 4 is 15.7 Å². The maximum absolute atomic E-state index is 15.2. The number of rotatable bonds is 5. The first kappa shape index (κ1) is 23.2. The Morgan fingerprint density at radius 1 is 1.03 bits per heavy atom. The first-order valence-electron chi connectivity index (χ1n) is 12.1. The smallest absolute Gasteiger partial charge is 0.221 e. The van der Waals surface area contributed by atoms with Crippen molar-refractivity contribution in [3.05, 3.63) is 77.2 Å². The third-order valence-corrected chi connectivity index (χ3v) is 9.87. The molecule has 34 heavy (non-hydrogen) atoms. The highest BCUT2D eigenvalue weighted by Gasteiger charge is 2.40. The van der Waals surface area contributed by atoms with Crippen molar-refractivity contribution in [2.45, 2.75) is 50.4 Å². The molecule has 3 aliphatic rings. The van der Waals surface area contributed by atoms with Crippen molar-refractivity contribution in [1.29, 1.82) is 0 Å². The van der Waals surface area contributed by atoms with Crippen molar-refractivity contribution in [1.82, 2.24) is 4.31 Å². The summed E-state index contributed by atoms with van der Waals surface area (Å²) in [5, 5.41) is 7.44. The van der Waals surface area contributed by atoms with Crippen LogP contribution in [-0.2, 0) is 16.6 Å². The van der Waals surface area contributed by atoms with Crippen molar-refractivity contribution in [2.24, 2.45) is 16.1 Å². The molecule has 6 nitrogen and oxygen atoms in total. The predicted octanol–water partition coefficient (Wildman–Crippen LogP) is 5.45. The van der Waals surface area contributed by atoms with Gasteiger partial charge in [0.05, 0.1) is 12.7 Å². The Labute approximate surface area is 201 Å². The molecule has 2 fully saturated rings. The Morgan fingerprint density at radius 2 is 1.79 bits per heavy atom. The van der Waals surface area contributed by atoms with E-state index in [1.54, 1.807) is 12.1 Å². The number of benzene rings is 2. The summed E-state index contributed by atoms with van der Waals surface area (Å²) in [6.45, 7) is 4.39. The first-order valence-corrected chi connectivity index (χ1v) is 13.6. The number of anilines is 1. The van der Waals surface area contributed by atoms with Gasteiger partial charge in [-0.15, -0.1) is 0 Å². The largest absolute Gasteiger partial charge is 0.371 e. The molecule has 2 aromatic carbocycles. The van der Waals surface area contributed by atoms with Crippen molar-refractivity contribution in [3.63, 3.8) is 0 Å². The lowest BCUT2D eigenvalue weighted by molar-refractivity contribution is 0.279. The zero-order valence-corrected chi connectivity index (χ0v) is 20.3. The maximum atomic E-state index is 15.2. The molecule has 0 amide bonds. The van der Waals surface area contributed by atoms with Gasteiger partial charge in [-0.25, -0.2) is 12.8 Å². The number of sulfonamides is 1. The number of nitrogens with zero attached hydrogens (tertiary/aromatic N) is 4. The molecule has 8 heteroatoms. The van der Waals surface area contributed by atoms with Gasteiger partial charge in [0.2, 0.25) is 10.0 Å². The van der Waals surface area contributed by atoms with Gasteiger partial charge >= 0.3 is 0 Å². The summed E-state index contributed by atoms with van der Waals surface area (Å²) in [5.74, 6) is 0.152. The molecule has 0 aromatic heterocycles. The summed E-state index contributed by atoms with van der Waals surface area (Å²) in [7, 11) is -3.59. The molecule has 3 aliphatic heterocycles. The van der Waals surface area contributed by atoms with Crippen LogP contribution in [0.4, 0.5) is 10.1 Å². The number of hydrogen-bond acceptors (Lipinski definition) is 5. The predicted molar refractivity (Wildman–Crippen MR) is 131 cm³/mol. The van der Waals surface area contributed by atoms with Gasteiger partial charge in [0.15, 0.2) is 0 Å². The van der Waals surface area contributed by atoms with Crippen molar-refractivity contribution < 1.29 is 12.8 Å². The van der Waals surface area contributed by atoms with Crippen LogP contribution < -0.4 is 4.90 Å². The number of azo groups is 1. The summed E-state index contributed by atoms with van der Waals surface area (Å²) in [4.78, 5) is 2.21. The molecule has 0 saturated carbocycles. The molecule has 3 heterocycles. The Bertz CT molecular complexity index is 1190. The Kier molecular flexibility index (Phi) is 6.53. The zero-order chi connectivity index (χ0) is 23.7. The van der Waals surface area contributed by atoms with Crippen LogP contribution in [0, 0.1) is 11.7 Å². The second-order valence-electron chi connectivity index (χ2n) is 9.57. The second-order valence-corrected chi connectivity index (χ2v) is 11.6. The molecule has 5 rings (SSSR count). The van der Waals surface area contributed by atoms with Gasteiger partial charge in [0.25, 0.3) is 0 Å². The highest BCUT2D eigenvalue weighted by atomic mass is 32.2. The molecule has 2 saturated heterocycles. The number of hydrogen-bond donors (Lipinski definition) is 0. The fraction of sp³-hybridized carbons (Fsp3) is 0.462. The van der Waals surface area contributed by atoms with Crippen LogP contribution in [0.25, 0.3) is 0 Å². The third kappa shape index (κ3) is 4.53. The quantitative estimate of drug-likeness (QED) is 0.569. The average molecular weight is 483 g/mol. The minimum Gasteiger partial charge on any atom is -0.371 e. The highest BCUT2D eigenvalue weighted by Crippen LogP contribution is 2.38. The normalized spacial score (nSPS) is 25.5. The fourth-order valence-corrected chi connectivity index (χ4v) is 7.59. The minimum absolute atomic E-state index is 0.0577. The molecular formula is C26H31FN4O2S. The van der Waals surface area contributed by atoms with E-state index in [9.17, 15) is 8.42 Å². The molecule has 0 bridgehead atoms. The van der Waals surface area contributed by atoms with Crippen LogP contribution in [0.5, 0.6) is 0 Å². The van der Waals surface area contributed by atoms with E-state index in [4.69, 9.17) is 0 Å². The van der Waals surface area contributed by atoms with Gasteiger partial charge in [-0.3, -0.25) is 0 Å². The summed E-state index contributed by atoms with van der Waals surface area (Å²) in [5.41, 5.74) is 3.37. The summed E-state index contributed by atoms with van der Waals surface area (Å²) >= 11 is 0. The van der Waals surface area contributed by atoms with Crippen molar-refractivity contribution in [3.8, 4) is 0 Å². The summed E-state index contributed by atoms with van der Waals surface area (Å²) in [6, 6.07) is 14.4. The van der Waals surface area contributed by atoms with Gasteiger partial charge in [-0.1, -0.05) is 36.4 Å². The van der Waals surface area contributed by atoms with Gasteiger partial charge in [-0.2, -0.15) is 14.5 Å². The minimum atomic E-state index is -3.59. The topological polar surface area (TPSA) is 65.3 Å². The Hall–Kier alpha value is -2.58. The van der Waals surface area contributed by atoms with Crippen LogP contribution in [0.15, 0.2) is 70.5 Å². The van der Waals surface area contributed by atoms with E-state index < -0.39 is 15.3 Å². The van der Waals surface area contributed by atoms with E-state index in [0.29, 0.717) is 24.4 Å². The van der Waals surface area contributed by atoms with Gasteiger partial charge in [0.1, 0.15) is 11.1 Å². The zero-order valence-electron chi connectivity index (χ0n) is 19.5. The van der Waals surface area contributed by atoms with Crippen LogP contribution in [0.1, 0.15) is 49.0 Å². The lowest BCUT2D eigenvalue weighted by Gasteiger charge is -2.37. The van der Waals surface area contributed by atoms with Crippen LogP contribution in [0.3, 0.4) is 0 Å². The van der Waals surface area contributed by atoms with E-state index in [0.717, 1.165) is 43.6 Å². The monoisotopic (exact) mass is 482 g/mol.